The number of ether oxygens (including phenoxy) is 1. The number of halogens is 1. The van der Waals surface area contributed by atoms with E-state index in [1.807, 2.05) is 24.3 Å². The van der Waals surface area contributed by atoms with Crippen LogP contribution in [0, 0.1) is 0 Å². The van der Waals surface area contributed by atoms with Crippen molar-refractivity contribution in [3.05, 3.63) is 59.1 Å². The van der Waals surface area contributed by atoms with Crippen molar-refractivity contribution in [1.82, 2.24) is 4.31 Å². The summed E-state index contributed by atoms with van der Waals surface area (Å²) in [5, 5.41) is 0.428. The van der Waals surface area contributed by atoms with E-state index in [-0.39, 0.29) is 10.9 Å². The van der Waals surface area contributed by atoms with Gasteiger partial charge in [0.1, 0.15) is 5.75 Å². The van der Waals surface area contributed by atoms with Gasteiger partial charge < -0.3 is 4.74 Å². The maximum absolute atomic E-state index is 13.2. The second-order valence-corrected chi connectivity index (χ2v) is 8.54. The normalized spacial score (nSPS) is 19.4. The second-order valence-electron chi connectivity index (χ2n) is 6.21. The van der Waals surface area contributed by atoms with Crippen LogP contribution in [0.1, 0.15) is 37.3 Å². The van der Waals surface area contributed by atoms with Crippen molar-refractivity contribution in [1.29, 1.82) is 0 Å². The minimum absolute atomic E-state index is 0.169. The molecule has 0 aliphatic carbocycles. The van der Waals surface area contributed by atoms with E-state index in [2.05, 4.69) is 0 Å². The van der Waals surface area contributed by atoms with Crippen LogP contribution in [0.4, 0.5) is 0 Å². The maximum Gasteiger partial charge on any atom is 0.243 e. The summed E-state index contributed by atoms with van der Waals surface area (Å²) in [6.07, 6.45) is 3.73. The summed E-state index contributed by atoms with van der Waals surface area (Å²) in [5.41, 5.74) is 0.994. The van der Waals surface area contributed by atoms with Crippen molar-refractivity contribution >= 4 is 21.6 Å². The first-order valence-electron chi connectivity index (χ1n) is 8.44. The first-order chi connectivity index (χ1) is 12.0. The van der Waals surface area contributed by atoms with Gasteiger partial charge in [0.2, 0.25) is 10.0 Å². The fraction of sp³-hybridized carbons (Fsp3) is 0.368. The summed E-state index contributed by atoms with van der Waals surface area (Å²) in [4.78, 5) is 0.250. The predicted molar refractivity (Wildman–Crippen MR) is 99.5 cm³/mol. The maximum atomic E-state index is 13.2. The Morgan fingerprint density at radius 1 is 1.08 bits per heavy atom. The van der Waals surface area contributed by atoms with Crippen molar-refractivity contribution in [3.63, 3.8) is 0 Å². The van der Waals surface area contributed by atoms with Crippen LogP contribution in [-0.4, -0.2) is 26.4 Å². The van der Waals surface area contributed by atoms with Gasteiger partial charge in [-0.1, -0.05) is 42.6 Å². The summed E-state index contributed by atoms with van der Waals surface area (Å²) in [7, 11) is -1.98. The minimum Gasteiger partial charge on any atom is -0.497 e. The quantitative estimate of drug-likeness (QED) is 0.776. The largest absolute Gasteiger partial charge is 0.497 e. The van der Waals surface area contributed by atoms with Crippen molar-refractivity contribution < 1.29 is 13.2 Å². The second kappa shape index (κ2) is 7.77. The highest BCUT2D eigenvalue weighted by Crippen LogP contribution is 2.35. The van der Waals surface area contributed by atoms with Crippen LogP contribution in [0.2, 0.25) is 5.02 Å². The SMILES string of the molecule is COc1ccc(C2CCCCCN2S(=O)(=O)c2cccc(Cl)c2)cc1. The molecule has 1 fully saturated rings. The van der Waals surface area contributed by atoms with Crippen molar-refractivity contribution in [2.45, 2.75) is 36.6 Å². The highest BCUT2D eigenvalue weighted by molar-refractivity contribution is 7.89. The lowest BCUT2D eigenvalue weighted by molar-refractivity contribution is 0.328. The molecule has 0 amide bonds. The monoisotopic (exact) mass is 379 g/mol. The molecule has 1 saturated heterocycles. The molecule has 0 radical (unpaired) electrons. The Balaban J connectivity index is 2.00. The topological polar surface area (TPSA) is 46.6 Å². The average Bonchev–Trinajstić information content (AvgIpc) is 2.88. The van der Waals surface area contributed by atoms with E-state index < -0.39 is 10.0 Å². The number of hydrogen-bond donors (Lipinski definition) is 0. The zero-order valence-electron chi connectivity index (χ0n) is 14.2. The summed E-state index contributed by atoms with van der Waals surface area (Å²) in [6.45, 7) is 0.519. The molecule has 4 nitrogen and oxygen atoms in total. The number of sulfonamides is 1. The Bertz CT molecular complexity index is 821. The van der Waals surface area contributed by atoms with Crippen LogP contribution >= 0.6 is 11.6 Å². The first-order valence-corrected chi connectivity index (χ1v) is 10.3. The van der Waals surface area contributed by atoms with Gasteiger partial charge in [-0.2, -0.15) is 4.31 Å². The van der Waals surface area contributed by atoms with E-state index in [1.54, 1.807) is 29.6 Å². The molecule has 25 heavy (non-hydrogen) atoms. The van der Waals surface area contributed by atoms with Gasteiger partial charge >= 0.3 is 0 Å². The third-order valence-electron chi connectivity index (χ3n) is 4.61. The van der Waals surface area contributed by atoms with Gasteiger partial charge in [0.25, 0.3) is 0 Å². The molecule has 1 aliphatic heterocycles. The highest BCUT2D eigenvalue weighted by atomic mass is 35.5. The fourth-order valence-electron chi connectivity index (χ4n) is 3.29. The van der Waals surface area contributed by atoms with E-state index in [0.717, 1.165) is 37.0 Å². The molecule has 1 heterocycles. The van der Waals surface area contributed by atoms with Crippen LogP contribution in [0.25, 0.3) is 0 Å². The Kier molecular flexibility index (Phi) is 5.67. The number of nitrogens with zero attached hydrogens (tertiary/aromatic N) is 1. The molecular weight excluding hydrogens is 358 g/mol. The van der Waals surface area contributed by atoms with Crippen molar-refractivity contribution in [3.8, 4) is 5.75 Å². The molecule has 1 atom stereocenters. The summed E-state index contributed by atoms with van der Waals surface area (Å²) < 4.78 is 33.3. The molecule has 0 N–H and O–H groups in total. The molecule has 0 spiro atoms. The lowest BCUT2D eigenvalue weighted by Gasteiger charge is -2.29. The first kappa shape index (κ1) is 18.2. The zero-order valence-corrected chi connectivity index (χ0v) is 15.8. The third kappa shape index (κ3) is 4.00. The zero-order chi connectivity index (χ0) is 17.9. The number of benzene rings is 2. The van der Waals surface area contributed by atoms with E-state index in [4.69, 9.17) is 16.3 Å². The molecule has 6 heteroatoms. The summed E-state index contributed by atoms with van der Waals surface area (Å²) in [6, 6.07) is 14.0. The van der Waals surface area contributed by atoms with Crippen molar-refractivity contribution in [2.75, 3.05) is 13.7 Å². The summed E-state index contributed by atoms with van der Waals surface area (Å²) >= 11 is 6.01. The van der Waals surface area contributed by atoms with Gasteiger partial charge in [-0.05, 0) is 48.7 Å². The van der Waals surface area contributed by atoms with E-state index in [1.165, 1.54) is 6.07 Å². The van der Waals surface area contributed by atoms with Crippen LogP contribution in [0.15, 0.2) is 53.4 Å². The third-order valence-corrected chi connectivity index (χ3v) is 6.75. The number of methoxy groups -OCH3 is 1. The smallest absolute Gasteiger partial charge is 0.243 e. The Labute approximate surface area is 154 Å². The lowest BCUT2D eigenvalue weighted by atomic mass is 10.0. The predicted octanol–water partition coefficient (Wildman–Crippen LogP) is 4.65. The Hall–Kier alpha value is -1.56. The van der Waals surface area contributed by atoms with Gasteiger partial charge in [0.15, 0.2) is 0 Å². The van der Waals surface area contributed by atoms with E-state index in [0.29, 0.717) is 11.6 Å². The summed E-state index contributed by atoms with van der Waals surface area (Å²) in [5.74, 6) is 0.765. The Morgan fingerprint density at radius 2 is 1.84 bits per heavy atom. The molecule has 0 bridgehead atoms. The standard InChI is InChI=1S/C19H22ClNO3S/c1-24-17-11-9-15(10-12-17)19-8-3-2-4-13-21(19)25(22,23)18-7-5-6-16(20)14-18/h5-7,9-12,14,19H,2-4,8,13H2,1H3. The molecule has 1 unspecified atom stereocenters. The molecule has 2 aromatic rings. The lowest BCUT2D eigenvalue weighted by Crippen LogP contribution is -2.34. The van der Waals surface area contributed by atoms with Gasteiger partial charge in [-0.15, -0.1) is 0 Å². The number of rotatable bonds is 4. The van der Waals surface area contributed by atoms with Crippen molar-refractivity contribution in [2.24, 2.45) is 0 Å². The van der Waals surface area contributed by atoms with Crippen LogP contribution in [0.3, 0.4) is 0 Å². The molecule has 1 aliphatic rings. The minimum atomic E-state index is -3.60. The molecule has 0 aromatic heterocycles. The van der Waals surface area contributed by atoms with E-state index >= 15 is 0 Å². The van der Waals surface area contributed by atoms with Crippen LogP contribution in [-0.2, 0) is 10.0 Å². The van der Waals surface area contributed by atoms with E-state index in [9.17, 15) is 8.42 Å². The average molecular weight is 380 g/mol. The van der Waals surface area contributed by atoms with Crippen LogP contribution in [0.5, 0.6) is 5.75 Å². The van der Waals surface area contributed by atoms with Gasteiger partial charge in [-0.3, -0.25) is 0 Å². The molecule has 2 aromatic carbocycles. The van der Waals surface area contributed by atoms with Crippen LogP contribution < -0.4 is 4.74 Å². The van der Waals surface area contributed by atoms with Gasteiger partial charge in [-0.25, -0.2) is 8.42 Å². The molecule has 0 saturated carbocycles. The van der Waals surface area contributed by atoms with Gasteiger partial charge in [0, 0.05) is 11.6 Å². The molecule has 134 valence electrons. The molecule has 3 rings (SSSR count). The Morgan fingerprint density at radius 3 is 2.52 bits per heavy atom. The highest BCUT2D eigenvalue weighted by Gasteiger charge is 2.33. The number of hydrogen-bond acceptors (Lipinski definition) is 3. The van der Waals surface area contributed by atoms with Gasteiger partial charge in [0.05, 0.1) is 18.0 Å². The molecular formula is C19H22ClNO3S. The fourth-order valence-corrected chi connectivity index (χ4v) is 5.28.